The zero-order chi connectivity index (χ0) is 21.7. The number of hydrogen-bond acceptors (Lipinski definition) is 7. The fourth-order valence-electron chi connectivity index (χ4n) is 2.57. The Morgan fingerprint density at radius 1 is 1.20 bits per heavy atom. The van der Waals surface area contributed by atoms with Crippen LogP contribution in [0.25, 0.3) is 0 Å². The van der Waals surface area contributed by atoms with E-state index in [-0.39, 0.29) is 10.5 Å². The minimum Gasteiger partial charge on any atom is -0.296 e. The molecular weight excluding hydrogens is 440 g/mol. The lowest BCUT2D eigenvalue weighted by Gasteiger charge is -2.12. The van der Waals surface area contributed by atoms with E-state index < -0.39 is 15.9 Å². The third-order valence-corrected chi connectivity index (χ3v) is 7.45. The summed E-state index contributed by atoms with van der Waals surface area (Å²) in [5.74, 6) is 0.230. The highest BCUT2D eigenvalue weighted by atomic mass is 32.2. The van der Waals surface area contributed by atoms with E-state index >= 15 is 0 Å². The van der Waals surface area contributed by atoms with Crippen molar-refractivity contribution in [1.82, 2.24) is 10.2 Å². The molecule has 3 aromatic rings. The monoisotopic (exact) mass is 460 g/mol. The van der Waals surface area contributed by atoms with Gasteiger partial charge in [-0.1, -0.05) is 47.4 Å². The van der Waals surface area contributed by atoms with Crippen molar-refractivity contribution < 1.29 is 13.2 Å². The number of nitrogens with zero attached hydrogens (tertiary/aromatic N) is 2. The molecule has 1 amide bonds. The number of thioether (sulfide) groups is 1. The third-order valence-electron chi connectivity index (χ3n) is 3.96. The Morgan fingerprint density at radius 2 is 2.00 bits per heavy atom. The van der Waals surface area contributed by atoms with Crippen molar-refractivity contribution >= 4 is 49.8 Å². The molecule has 0 fully saturated rings. The van der Waals surface area contributed by atoms with Gasteiger partial charge in [-0.05, 0) is 49.2 Å². The molecule has 2 aromatic carbocycles. The Balaban J connectivity index is 1.81. The first-order chi connectivity index (χ1) is 14.3. The van der Waals surface area contributed by atoms with Crippen molar-refractivity contribution in [2.24, 2.45) is 0 Å². The lowest BCUT2D eigenvalue weighted by Crippen LogP contribution is -2.17. The molecule has 0 aliphatic heterocycles. The number of hydrogen-bond donors (Lipinski definition) is 2. The van der Waals surface area contributed by atoms with E-state index in [2.05, 4.69) is 26.8 Å². The molecule has 10 heteroatoms. The molecule has 30 heavy (non-hydrogen) atoms. The zero-order valence-corrected chi connectivity index (χ0v) is 18.8. The molecule has 0 atom stereocenters. The van der Waals surface area contributed by atoms with Crippen LogP contribution in [0.4, 0.5) is 10.8 Å². The van der Waals surface area contributed by atoms with Crippen LogP contribution in [0.3, 0.4) is 0 Å². The number of aryl methyl sites for hydroxylation is 2. The number of aromatic nitrogens is 2. The normalized spacial score (nSPS) is 11.1. The van der Waals surface area contributed by atoms with E-state index in [0.29, 0.717) is 26.5 Å². The highest BCUT2D eigenvalue weighted by Gasteiger charge is 2.20. The molecule has 0 saturated heterocycles. The molecule has 0 radical (unpaired) electrons. The first-order valence-electron chi connectivity index (χ1n) is 8.87. The topological polar surface area (TPSA) is 101 Å². The standard InChI is InChI=1S/C20H20N4O3S3/c1-4-10-28-20-23-22-19(29-20)21-18(25)15-9-8-14(3)17(12-15)30(26,27)24-16-7-5-6-13(2)11-16/h4-9,11-12,24H,1,10H2,2-3H3,(H,21,22,25). The second-order valence-electron chi connectivity index (χ2n) is 6.38. The van der Waals surface area contributed by atoms with Gasteiger partial charge in [0.15, 0.2) is 4.34 Å². The first-order valence-corrected chi connectivity index (χ1v) is 12.2. The Labute approximate surface area is 183 Å². The Bertz CT molecular complexity index is 1190. The maximum atomic E-state index is 12.9. The molecule has 7 nitrogen and oxygen atoms in total. The van der Waals surface area contributed by atoms with Gasteiger partial charge in [0.05, 0.1) is 4.90 Å². The van der Waals surface area contributed by atoms with Crippen LogP contribution in [-0.4, -0.2) is 30.3 Å². The summed E-state index contributed by atoms with van der Waals surface area (Å²) in [6.07, 6.45) is 1.75. The number of carbonyl (C=O) groups excluding carboxylic acids is 1. The number of benzene rings is 2. The number of carbonyl (C=O) groups is 1. The van der Waals surface area contributed by atoms with E-state index in [1.54, 1.807) is 43.3 Å². The second-order valence-corrected chi connectivity index (χ2v) is 10.3. The van der Waals surface area contributed by atoms with Crippen LogP contribution in [0.15, 0.2) is 64.4 Å². The van der Waals surface area contributed by atoms with Crippen molar-refractivity contribution in [2.75, 3.05) is 15.8 Å². The van der Waals surface area contributed by atoms with Gasteiger partial charge in [0.25, 0.3) is 15.9 Å². The summed E-state index contributed by atoms with van der Waals surface area (Å²) in [7, 11) is -3.86. The van der Waals surface area contributed by atoms with Crippen molar-refractivity contribution in [3.63, 3.8) is 0 Å². The predicted molar refractivity (Wildman–Crippen MR) is 122 cm³/mol. The van der Waals surface area contributed by atoms with Crippen molar-refractivity contribution in [3.8, 4) is 0 Å². The minimum absolute atomic E-state index is 0.0381. The van der Waals surface area contributed by atoms with Crippen LogP contribution in [0, 0.1) is 13.8 Å². The van der Waals surface area contributed by atoms with Crippen LogP contribution in [0.5, 0.6) is 0 Å². The Morgan fingerprint density at radius 3 is 2.73 bits per heavy atom. The van der Waals surface area contributed by atoms with Crippen LogP contribution in [0.2, 0.25) is 0 Å². The third kappa shape index (κ3) is 5.47. The quantitative estimate of drug-likeness (QED) is 0.292. The van der Waals surface area contributed by atoms with Crippen molar-refractivity contribution in [2.45, 2.75) is 23.1 Å². The minimum atomic E-state index is -3.86. The van der Waals surface area contributed by atoms with E-state index in [1.165, 1.54) is 29.2 Å². The van der Waals surface area contributed by atoms with Crippen LogP contribution >= 0.6 is 23.1 Å². The lowest BCUT2D eigenvalue weighted by atomic mass is 10.1. The summed E-state index contributed by atoms with van der Waals surface area (Å²) in [6.45, 7) is 7.21. The summed E-state index contributed by atoms with van der Waals surface area (Å²) in [6, 6.07) is 11.6. The van der Waals surface area contributed by atoms with Gasteiger partial charge in [-0.3, -0.25) is 14.8 Å². The van der Waals surface area contributed by atoms with Crippen LogP contribution in [0.1, 0.15) is 21.5 Å². The van der Waals surface area contributed by atoms with Gasteiger partial charge in [-0.25, -0.2) is 8.42 Å². The van der Waals surface area contributed by atoms with Crippen LogP contribution in [-0.2, 0) is 10.0 Å². The summed E-state index contributed by atoms with van der Waals surface area (Å²) >= 11 is 2.70. The van der Waals surface area contributed by atoms with Gasteiger partial charge >= 0.3 is 0 Å². The summed E-state index contributed by atoms with van der Waals surface area (Å²) in [5, 5.41) is 10.9. The summed E-state index contributed by atoms with van der Waals surface area (Å²) in [5.41, 5.74) is 2.14. The first kappa shape index (κ1) is 22.0. The van der Waals surface area contributed by atoms with Crippen molar-refractivity contribution in [1.29, 1.82) is 0 Å². The molecule has 1 aromatic heterocycles. The van der Waals surface area contributed by atoms with Gasteiger partial charge in [-0.15, -0.1) is 16.8 Å². The number of nitrogens with one attached hydrogen (secondary N) is 2. The zero-order valence-electron chi connectivity index (χ0n) is 16.4. The molecule has 0 saturated carbocycles. The molecule has 0 aliphatic carbocycles. The molecule has 156 valence electrons. The highest BCUT2D eigenvalue weighted by Crippen LogP contribution is 2.26. The number of rotatable bonds is 8. The summed E-state index contributed by atoms with van der Waals surface area (Å²) < 4.78 is 29.1. The fourth-order valence-corrected chi connectivity index (χ4v) is 5.40. The molecular formula is C20H20N4O3S3. The molecule has 0 spiro atoms. The lowest BCUT2D eigenvalue weighted by molar-refractivity contribution is 0.102. The van der Waals surface area contributed by atoms with Crippen LogP contribution < -0.4 is 10.0 Å². The highest BCUT2D eigenvalue weighted by molar-refractivity contribution is 8.01. The average Bonchev–Trinajstić information content (AvgIpc) is 3.13. The smallest absolute Gasteiger partial charge is 0.262 e. The fraction of sp³-hybridized carbons (Fsp3) is 0.150. The van der Waals surface area contributed by atoms with Gasteiger partial charge in [0, 0.05) is 17.0 Å². The molecule has 0 unspecified atom stereocenters. The molecule has 3 rings (SSSR count). The van der Waals surface area contributed by atoms with E-state index in [4.69, 9.17) is 0 Å². The number of sulfonamides is 1. The Hall–Kier alpha value is -2.69. The van der Waals surface area contributed by atoms with Gasteiger partial charge in [0.2, 0.25) is 5.13 Å². The maximum absolute atomic E-state index is 12.9. The van der Waals surface area contributed by atoms with E-state index in [9.17, 15) is 13.2 Å². The van der Waals surface area contributed by atoms with Gasteiger partial charge in [0.1, 0.15) is 0 Å². The van der Waals surface area contributed by atoms with Gasteiger partial charge in [-0.2, -0.15) is 0 Å². The molecule has 0 aliphatic rings. The van der Waals surface area contributed by atoms with E-state index in [1.807, 2.05) is 13.0 Å². The average molecular weight is 461 g/mol. The largest absolute Gasteiger partial charge is 0.296 e. The maximum Gasteiger partial charge on any atom is 0.262 e. The van der Waals surface area contributed by atoms with Crippen molar-refractivity contribution in [3.05, 3.63) is 71.8 Å². The second kappa shape index (κ2) is 9.41. The van der Waals surface area contributed by atoms with Gasteiger partial charge < -0.3 is 0 Å². The predicted octanol–water partition coefficient (Wildman–Crippen LogP) is 4.49. The molecule has 0 bridgehead atoms. The van der Waals surface area contributed by atoms with E-state index in [0.717, 1.165) is 5.56 Å². The summed E-state index contributed by atoms with van der Waals surface area (Å²) in [4.78, 5) is 12.7. The number of amides is 1. The number of anilines is 2. The molecule has 2 N–H and O–H groups in total. The SMILES string of the molecule is C=CCSc1nnc(NC(=O)c2ccc(C)c(S(=O)(=O)Nc3cccc(C)c3)c2)s1. The molecule has 1 heterocycles. The Kier molecular flexibility index (Phi) is 6.91.